The lowest BCUT2D eigenvalue weighted by Crippen LogP contribution is -2.47. The Bertz CT molecular complexity index is 1700. The van der Waals surface area contributed by atoms with E-state index < -0.39 is 22.8 Å². The van der Waals surface area contributed by atoms with Gasteiger partial charge in [0.2, 0.25) is 5.43 Å². The van der Waals surface area contributed by atoms with Gasteiger partial charge in [0.05, 0.1) is 18.1 Å². The zero-order chi connectivity index (χ0) is 26.9. The number of aromatic nitrogens is 5. The maximum absolute atomic E-state index is 15.4. The van der Waals surface area contributed by atoms with E-state index in [0.717, 1.165) is 17.3 Å². The average Bonchev–Trinajstić information content (AvgIpc) is 3.47. The molecule has 39 heavy (non-hydrogen) atoms. The Labute approximate surface area is 222 Å². The largest absolute Gasteiger partial charge is 0.477 e. The number of aromatic carboxylic acids is 1. The molecule has 0 aliphatic carbocycles. The van der Waals surface area contributed by atoms with Gasteiger partial charge in [0, 0.05) is 49.9 Å². The molecular weight excluding hydrogens is 501 g/mol. The van der Waals surface area contributed by atoms with E-state index in [2.05, 4.69) is 20.2 Å². The van der Waals surface area contributed by atoms with Crippen LogP contribution in [0, 0.1) is 5.82 Å². The molecule has 5 aromatic rings. The SMILES string of the molecule is O=C(O)c1cn(-c2ccc(Cn3ccnn3)cc2)c2nc(N3CCN(c4ccccc4)CC3)c(F)cc2c1=O. The monoisotopic (exact) mass is 525 g/mol. The molecule has 10 nitrogen and oxygen atoms in total. The third-order valence-corrected chi connectivity index (χ3v) is 6.87. The van der Waals surface area contributed by atoms with Gasteiger partial charge < -0.3 is 19.5 Å². The maximum atomic E-state index is 15.4. The van der Waals surface area contributed by atoms with Crippen molar-refractivity contribution in [2.45, 2.75) is 6.54 Å². The lowest BCUT2D eigenvalue weighted by Gasteiger charge is -2.36. The molecule has 6 rings (SSSR count). The number of fused-ring (bicyclic) bond motifs is 1. The molecule has 0 saturated carbocycles. The number of carboxylic acid groups (broad SMARTS) is 1. The van der Waals surface area contributed by atoms with Crippen LogP contribution in [0.1, 0.15) is 15.9 Å². The zero-order valence-electron chi connectivity index (χ0n) is 20.8. The number of carbonyl (C=O) groups is 1. The Morgan fingerprint density at radius 2 is 1.67 bits per heavy atom. The Balaban J connectivity index is 1.38. The van der Waals surface area contributed by atoms with E-state index in [9.17, 15) is 14.7 Å². The van der Waals surface area contributed by atoms with Gasteiger partial charge in [-0.3, -0.25) is 4.79 Å². The van der Waals surface area contributed by atoms with Crippen molar-refractivity contribution in [3.63, 3.8) is 0 Å². The topological polar surface area (TPSA) is 109 Å². The fourth-order valence-corrected chi connectivity index (χ4v) is 4.87. The molecule has 1 aliphatic rings. The number of hydrogen-bond donors (Lipinski definition) is 1. The molecule has 0 spiro atoms. The first-order valence-electron chi connectivity index (χ1n) is 12.5. The molecule has 0 bridgehead atoms. The number of para-hydroxylation sites is 1. The van der Waals surface area contributed by atoms with Crippen molar-refractivity contribution >= 4 is 28.5 Å². The van der Waals surface area contributed by atoms with Crippen LogP contribution in [-0.4, -0.2) is 61.8 Å². The summed E-state index contributed by atoms with van der Waals surface area (Å²) >= 11 is 0. The molecule has 0 unspecified atom stereocenters. The van der Waals surface area contributed by atoms with Crippen LogP contribution in [0.15, 0.2) is 84.0 Å². The molecule has 2 aromatic carbocycles. The van der Waals surface area contributed by atoms with Crippen molar-refractivity contribution in [2.75, 3.05) is 36.0 Å². The number of hydrogen-bond acceptors (Lipinski definition) is 7. The summed E-state index contributed by atoms with van der Waals surface area (Å²) in [6.07, 6.45) is 4.60. The molecule has 0 radical (unpaired) electrons. The molecule has 1 N–H and O–H groups in total. The fraction of sp³-hybridized carbons (Fsp3) is 0.179. The summed E-state index contributed by atoms with van der Waals surface area (Å²) in [4.78, 5) is 33.5. The van der Waals surface area contributed by atoms with Crippen molar-refractivity contribution in [1.29, 1.82) is 0 Å². The first-order valence-corrected chi connectivity index (χ1v) is 12.5. The molecule has 1 fully saturated rings. The molecule has 4 heterocycles. The summed E-state index contributed by atoms with van der Waals surface area (Å²) in [5, 5.41) is 17.4. The number of piperazine rings is 1. The zero-order valence-corrected chi connectivity index (χ0v) is 20.8. The predicted octanol–water partition coefficient (Wildman–Crippen LogP) is 3.19. The minimum Gasteiger partial charge on any atom is -0.477 e. The summed E-state index contributed by atoms with van der Waals surface area (Å²) in [6, 6.07) is 18.5. The van der Waals surface area contributed by atoms with E-state index in [4.69, 9.17) is 0 Å². The second kappa shape index (κ2) is 10.0. The minimum atomic E-state index is -1.39. The Hall–Kier alpha value is -5.06. The van der Waals surface area contributed by atoms with Crippen LogP contribution in [0.2, 0.25) is 0 Å². The van der Waals surface area contributed by atoms with Crippen LogP contribution in [0.25, 0.3) is 16.7 Å². The summed E-state index contributed by atoms with van der Waals surface area (Å²) in [5.74, 6) is -1.92. The molecule has 0 atom stereocenters. The highest BCUT2D eigenvalue weighted by molar-refractivity contribution is 5.92. The summed E-state index contributed by atoms with van der Waals surface area (Å²) in [5.41, 5.74) is 1.60. The molecule has 11 heteroatoms. The third kappa shape index (κ3) is 4.70. The molecule has 1 aliphatic heterocycles. The Morgan fingerprint density at radius 1 is 0.949 bits per heavy atom. The van der Waals surface area contributed by atoms with Gasteiger partial charge in [0.25, 0.3) is 0 Å². The van der Waals surface area contributed by atoms with Crippen LogP contribution in [0.4, 0.5) is 15.9 Å². The first kappa shape index (κ1) is 24.3. The molecule has 3 aromatic heterocycles. The van der Waals surface area contributed by atoms with Crippen molar-refractivity contribution in [1.82, 2.24) is 24.5 Å². The van der Waals surface area contributed by atoms with Crippen LogP contribution in [-0.2, 0) is 6.54 Å². The van der Waals surface area contributed by atoms with E-state index in [1.165, 1.54) is 10.8 Å². The van der Waals surface area contributed by atoms with Crippen LogP contribution in [0.5, 0.6) is 0 Å². The first-order chi connectivity index (χ1) is 19.0. The van der Waals surface area contributed by atoms with Crippen molar-refractivity contribution in [3.8, 4) is 5.69 Å². The van der Waals surface area contributed by atoms with Crippen LogP contribution in [0.3, 0.4) is 0 Å². The van der Waals surface area contributed by atoms with Crippen LogP contribution < -0.4 is 15.2 Å². The summed E-state index contributed by atoms with van der Waals surface area (Å²) < 4.78 is 18.6. The lowest BCUT2D eigenvalue weighted by molar-refractivity contribution is 0.0695. The van der Waals surface area contributed by atoms with E-state index in [1.54, 1.807) is 29.2 Å². The highest BCUT2D eigenvalue weighted by Gasteiger charge is 2.24. The number of anilines is 2. The van der Waals surface area contributed by atoms with Gasteiger partial charge in [-0.15, -0.1) is 5.10 Å². The number of pyridine rings is 2. The van der Waals surface area contributed by atoms with Crippen LogP contribution >= 0.6 is 0 Å². The van der Waals surface area contributed by atoms with Gasteiger partial charge in [-0.2, -0.15) is 0 Å². The summed E-state index contributed by atoms with van der Waals surface area (Å²) in [6.45, 7) is 2.95. The average molecular weight is 526 g/mol. The van der Waals surface area contributed by atoms with Crippen molar-refractivity contribution < 1.29 is 14.3 Å². The van der Waals surface area contributed by atoms with Crippen molar-refractivity contribution in [3.05, 3.63) is 106 Å². The lowest BCUT2D eigenvalue weighted by atomic mass is 10.1. The Kier molecular flexibility index (Phi) is 6.23. The van der Waals surface area contributed by atoms with E-state index in [1.807, 2.05) is 47.4 Å². The standard InChI is InChI=1S/C28H24FN7O3/c29-24-16-22-25(37)23(28(38)39)18-36(21-8-6-19(7-9-21)17-35-11-10-30-32-35)26(22)31-27(24)34-14-12-33(13-15-34)20-4-2-1-3-5-20/h1-11,16,18H,12-15,17H2,(H,38,39). The number of halogens is 1. The van der Waals surface area contributed by atoms with E-state index in [-0.39, 0.29) is 16.9 Å². The smallest absolute Gasteiger partial charge is 0.341 e. The predicted molar refractivity (Wildman–Crippen MR) is 144 cm³/mol. The number of benzene rings is 2. The van der Waals surface area contributed by atoms with E-state index in [0.29, 0.717) is 38.4 Å². The van der Waals surface area contributed by atoms with Gasteiger partial charge in [-0.1, -0.05) is 35.5 Å². The molecule has 196 valence electrons. The quantitative estimate of drug-likeness (QED) is 0.360. The number of carboxylic acids is 1. The third-order valence-electron chi connectivity index (χ3n) is 6.87. The highest BCUT2D eigenvalue weighted by Crippen LogP contribution is 2.26. The maximum Gasteiger partial charge on any atom is 0.341 e. The second-order valence-corrected chi connectivity index (χ2v) is 9.29. The molecule has 1 saturated heterocycles. The normalized spacial score (nSPS) is 13.7. The molecular formula is C28H24FN7O3. The van der Waals surface area contributed by atoms with Crippen molar-refractivity contribution in [2.24, 2.45) is 0 Å². The van der Waals surface area contributed by atoms with Gasteiger partial charge in [-0.05, 0) is 35.9 Å². The van der Waals surface area contributed by atoms with E-state index >= 15 is 4.39 Å². The highest BCUT2D eigenvalue weighted by atomic mass is 19.1. The van der Waals surface area contributed by atoms with Gasteiger partial charge >= 0.3 is 5.97 Å². The van der Waals surface area contributed by atoms with Gasteiger partial charge in [-0.25, -0.2) is 18.9 Å². The Morgan fingerprint density at radius 3 is 2.33 bits per heavy atom. The molecule has 0 amide bonds. The fourth-order valence-electron chi connectivity index (χ4n) is 4.87. The second-order valence-electron chi connectivity index (χ2n) is 9.29. The summed E-state index contributed by atoms with van der Waals surface area (Å²) in [7, 11) is 0. The van der Waals surface area contributed by atoms with Gasteiger partial charge in [0.15, 0.2) is 17.3 Å². The number of nitrogens with zero attached hydrogens (tertiary/aromatic N) is 7. The minimum absolute atomic E-state index is 0.0919. The number of rotatable bonds is 6. The van der Waals surface area contributed by atoms with Gasteiger partial charge in [0.1, 0.15) is 5.56 Å².